The maximum atomic E-state index is 12.6. The van der Waals surface area contributed by atoms with Crippen LogP contribution in [0.3, 0.4) is 0 Å². The Hall–Kier alpha value is -2.14. The van der Waals surface area contributed by atoms with Gasteiger partial charge in [-0.25, -0.2) is 4.39 Å². The zero-order chi connectivity index (χ0) is 10.5. The number of pyridine rings is 1. The van der Waals surface area contributed by atoms with Crippen LogP contribution in [0.2, 0.25) is 0 Å². The molecule has 1 heterocycles. The molecule has 0 spiro atoms. The molecule has 1 aromatic carbocycles. The van der Waals surface area contributed by atoms with E-state index in [1.165, 1.54) is 12.1 Å². The van der Waals surface area contributed by atoms with Crippen molar-refractivity contribution in [3.8, 4) is 11.8 Å². The number of aromatic nitrogens is 1. The predicted molar refractivity (Wildman–Crippen MR) is 56.6 cm³/mol. The highest BCUT2D eigenvalue weighted by Gasteiger charge is 1.88. The standard InChI is InChI=1S/C13H8FN/c14-13-7-5-11(6-8-13)3-4-12-2-1-9-15-10-12/h1-2,5-10H. The minimum atomic E-state index is -0.248. The fraction of sp³-hybridized carbons (Fsp3) is 0. The maximum absolute atomic E-state index is 12.6. The Morgan fingerprint density at radius 3 is 2.33 bits per heavy atom. The zero-order valence-electron chi connectivity index (χ0n) is 7.94. The lowest BCUT2D eigenvalue weighted by atomic mass is 10.2. The topological polar surface area (TPSA) is 12.9 Å². The third-order valence-corrected chi connectivity index (χ3v) is 1.86. The molecule has 0 fully saturated rings. The molecule has 0 saturated carbocycles. The summed E-state index contributed by atoms with van der Waals surface area (Å²) in [7, 11) is 0. The lowest BCUT2D eigenvalue weighted by molar-refractivity contribution is 0.627. The summed E-state index contributed by atoms with van der Waals surface area (Å²) < 4.78 is 12.6. The van der Waals surface area contributed by atoms with E-state index in [1.807, 2.05) is 12.1 Å². The van der Waals surface area contributed by atoms with Crippen LogP contribution < -0.4 is 0 Å². The van der Waals surface area contributed by atoms with E-state index < -0.39 is 0 Å². The van der Waals surface area contributed by atoms with Gasteiger partial charge in [0.2, 0.25) is 0 Å². The van der Waals surface area contributed by atoms with Crippen LogP contribution >= 0.6 is 0 Å². The van der Waals surface area contributed by atoms with Gasteiger partial charge in [-0.05, 0) is 36.4 Å². The zero-order valence-corrected chi connectivity index (χ0v) is 7.94. The Labute approximate surface area is 87.6 Å². The quantitative estimate of drug-likeness (QED) is 0.591. The highest BCUT2D eigenvalue weighted by molar-refractivity contribution is 5.41. The lowest BCUT2D eigenvalue weighted by Gasteiger charge is -1.89. The van der Waals surface area contributed by atoms with Crippen LogP contribution in [0.25, 0.3) is 0 Å². The molecule has 0 N–H and O–H groups in total. The summed E-state index contributed by atoms with van der Waals surface area (Å²) in [5, 5.41) is 0. The highest BCUT2D eigenvalue weighted by atomic mass is 19.1. The van der Waals surface area contributed by atoms with Crippen molar-refractivity contribution in [1.29, 1.82) is 0 Å². The summed E-state index contributed by atoms with van der Waals surface area (Å²) in [6.07, 6.45) is 3.39. The van der Waals surface area contributed by atoms with Crippen LogP contribution in [0, 0.1) is 17.7 Å². The molecular weight excluding hydrogens is 189 g/mol. The van der Waals surface area contributed by atoms with Gasteiger partial charge in [-0.3, -0.25) is 4.98 Å². The van der Waals surface area contributed by atoms with Gasteiger partial charge in [0.1, 0.15) is 5.82 Å². The number of hydrogen-bond donors (Lipinski definition) is 0. The molecule has 1 aromatic heterocycles. The maximum Gasteiger partial charge on any atom is 0.123 e. The van der Waals surface area contributed by atoms with Crippen molar-refractivity contribution in [2.45, 2.75) is 0 Å². The molecule has 0 unspecified atom stereocenters. The second-order valence-electron chi connectivity index (χ2n) is 3.00. The van der Waals surface area contributed by atoms with Crippen LogP contribution in [0.5, 0.6) is 0 Å². The van der Waals surface area contributed by atoms with Gasteiger partial charge in [-0.15, -0.1) is 0 Å². The Morgan fingerprint density at radius 2 is 1.67 bits per heavy atom. The summed E-state index contributed by atoms with van der Waals surface area (Å²) >= 11 is 0. The van der Waals surface area contributed by atoms with Crippen LogP contribution in [0.4, 0.5) is 4.39 Å². The molecule has 15 heavy (non-hydrogen) atoms. The van der Waals surface area contributed by atoms with E-state index in [0.717, 1.165) is 11.1 Å². The van der Waals surface area contributed by atoms with Gasteiger partial charge in [0.15, 0.2) is 0 Å². The molecule has 0 bridgehead atoms. The largest absolute Gasteiger partial charge is 0.263 e. The van der Waals surface area contributed by atoms with E-state index in [-0.39, 0.29) is 5.82 Å². The van der Waals surface area contributed by atoms with Crippen LogP contribution in [0.15, 0.2) is 48.8 Å². The Morgan fingerprint density at radius 1 is 0.933 bits per heavy atom. The van der Waals surface area contributed by atoms with E-state index in [9.17, 15) is 4.39 Å². The molecule has 0 aliphatic rings. The molecule has 1 nitrogen and oxygen atoms in total. The molecule has 0 aliphatic heterocycles. The van der Waals surface area contributed by atoms with Gasteiger partial charge in [0.25, 0.3) is 0 Å². The van der Waals surface area contributed by atoms with Crippen molar-refractivity contribution in [3.63, 3.8) is 0 Å². The van der Waals surface area contributed by atoms with E-state index in [0.29, 0.717) is 0 Å². The van der Waals surface area contributed by atoms with Gasteiger partial charge in [0, 0.05) is 23.5 Å². The summed E-state index contributed by atoms with van der Waals surface area (Å²) in [6.45, 7) is 0. The van der Waals surface area contributed by atoms with Crippen molar-refractivity contribution < 1.29 is 4.39 Å². The van der Waals surface area contributed by atoms with Gasteiger partial charge in [-0.1, -0.05) is 11.8 Å². The minimum absolute atomic E-state index is 0.248. The van der Waals surface area contributed by atoms with E-state index in [4.69, 9.17) is 0 Å². The highest BCUT2D eigenvalue weighted by Crippen LogP contribution is 2.01. The number of nitrogens with zero attached hydrogens (tertiary/aromatic N) is 1. The first kappa shape index (κ1) is 9.42. The molecule has 0 radical (unpaired) electrons. The number of hydrogen-bond acceptors (Lipinski definition) is 1. The van der Waals surface area contributed by atoms with E-state index in [2.05, 4.69) is 16.8 Å². The molecule has 0 amide bonds. The lowest BCUT2D eigenvalue weighted by Crippen LogP contribution is -1.78. The molecule has 0 aliphatic carbocycles. The number of halogens is 1. The average molecular weight is 197 g/mol. The van der Waals surface area contributed by atoms with Crippen molar-refractivity contribution in [1.82, 2.24) is 4.98 Å². The molecule has 72 valence electrons. The molecule has 2 heteroatoms. The minimum Gasteiger partial charge on any atom is -0.263 e. The first-order valence-electron chi connectivity index (χ1n) is 4.52. The Kier molecular flexibility index (Phi) is 2.75. The van der Waals surface area contributed by atoms with Gasteiger partial charge < -0.3 is 0 Å². The smallest absolute Gasteiger partial charge is 0.123 e. The second kappa shape index (κ2) is 4.39. The molecular formula is C13H8FN. The summed E-state index contributed by atoms with van der Waals surface area (Å²) in [6, 6.07) is 9.80. The van der Waals surface area contributed by atoms with E-state index in [1.54, 1.807) is 24.5 Å². The fourth-order valence-electron chi connectivity index (χ4n) is 1.11. The summed E-state index contributed by atoms with van der Waals surface area (Å²) in [4.78, 5) is 3.95. The summed E-state index contributed by atoms with van der Waals surface area (Å²) in [5.41, 5.74) is 1.64. The van der Waals surface area contributed by atoms with E-state index >= 15 is 0 Å². The van der Waals surface area contributed by atoms with Crippen LogP contribution in [0.1, 0.15) is 11.1 Å². The third-order valence-electron chi connectivity index (χ3n) is 1.86. The normalized spacial score (nSPS) is 9.13. The van der Waals surface area contributed by atoms with Crippen molar-refractivity contribution in [3.05, 3.63) is 65.7 Å². The van der Waals surface area contributed by atoms with Gasteiger partial charge in [0.05, 0.1) is 0 Å². The second-order valence-corrected chi connectivity index (χ2v) is 3.00. The number of benzene rings is 1. The number of rotatable bonds is 0. The van der Waals surface area contributed by atoms with Crippen LogP contribution in [-0.2, 0) is 0 Å². The Bertz CT molecular complexity index is 492. The SMILES string of the molecule is Fc1ccc(C#Cc2cccnc2)cc1. The molecule has 0 atom stereocenters. The first-order chi connectivity index (χ1) is 7.34. The van der Waals surface area contributed by atoms with Crippen molar-refractivity contribution in [2.75, 3.05) is 0 Å². The van der Waals surface area contributed by atoms with Crippen LogP contribution in [-0.4, -0.2) is 4.98 Å². The average Bonchev–Trinajstić information content (AvgIpc) is 2.30. The van der Waals surface area contributed by atoms with Crippen molar-refractivity contribution in [2.24, 2.45) is 0 Å². The van der Waals surface area contributed by atoms with Crippen molar-refractivity contribution >= 4 is 0 Å². The monoisotopic (exact) mass is 197 g/mol. The predicted octanol–water partition coefficient (Wildman–Crippen LogP) is 2.62. The molecule has 0 saturated heterocycles. The van der Waals surface area contributed by atoms with Gasteiger partial charge in [-0.2, -0.15) is 0 Å². The molecule has 2 rings (SSSR count). The fourth-order valence-corrected chi connectivity index (χ4v) is 1.11. The Balaban J connectivity index is 2.22. The molecule has 2 aromatic rings. The summed E-state index contributed by atoms with van der Waals surface area (Å²) in [5.74, 6) is 5.63. The van der Waals surface area contributed by atoms with Gasteiger partial charge >= 0.3 is 0 Å². The first-order valence-corrected chi connectivity index (χ1v) is 4.52. The third kappa shape index (κ3) is 2.65.